The van der Waals surface area contributed by atoms with Crippen molar-refractivity contribution in [2.45, 2.75) is 33.6 Å². The van der Waals surface area contributed by atoms with Crippen molar-refractivity contribution in [3.63, 3.8) is 0 Å². The van der Waals surface area contributed by atoms with Gasteiger partial charge in [0.1, 0.15) is 24.7 Å². The van der Waals surface area contributed by atoms with Crippen LogP contribution in [0.2, 0.25) is 0 Å². The number of esters is 1. The normalized spacial score (nSPS) is 10.4. The molecule has 0 aliphatic carbocycles. The van der Waals surface area contributed by atoms with Crippen LogP contribution in [-0.2, 0) is 4.74 Å². The maximum absolute atomic E-state index is 12.2. The highest BCUT2D eigenvalue weighted by Gasteiger charge is 2.11. The van der Waals surface area contributed by atoms with Gasteiger partial charge >= 0.3 is 5.97 Å². The lowest BCUT2D eigenvalue weighted by molar-refractivity contribution is 0.0449. The van der Waals surface area contributed by atoms with E-state index in [1.54, 1.807) is 6.07 Å². The van der Waals surface area contributed by atoms with E-state index in [1.807, 2.05) is 50.2 Å². The molecule has 2 aromatic carbocycles. The smallest absolute Gasteiger partial charge is 0.338 e. The quantitative estimate of drug-likeness (QED) is 0.489. The summed E-state index contributed by atoms with van der Waals surface area (Å²) in [6.07, 6.45) is 2.11. The number of ether oxygens (including phenoxy) is 3. The van der Waals surface area contributed by atoms with Gasteiger partial charge in [-0.3, -0.25) is 0 Å². The lowest BCUT2D eigenvalue weighted by atomic mass is 10.1. The van der Waals surface area contributed by atoms with Crippen molar-refractivity contribution in [1.29, 1.82) is 0 Å². The Bertz CT molecular complexity index is 677. The Hall–Kier alpha value is -2.49. The first-order valence-corrected chi connectivity index (χ1v) is 8.70. The molecule has 25 heavy (non-hydrogen) atoms. The summed E-state index contributed by atoms with van der Waals surface area (Å²) >= 11 is 0. The summed E-state index contributed by atoms with van der Waals surface area (Å²) in [6.45, 7) is 7.25. The Morgan fingerprint density at radius 3 is 2.24 bits per heavy atom. The Balaban J connectivity index is 1.79. The van der Waals surface area contributed by atoms with Crippen molar-refractivity contribution in [2.24, 2.45) is 0 Å². The van der Waals surface area contributed by atoms with Crippen molar-refractivity contribution in [1.82, 2.24) is 0 Å². The summed E-state index contributed by atoms with van der Waals surface area (Å²) in [5, 5.41) is 0. The second-order valence-electron chi connectivity index (χ2n) is 5.98. The van der Waals surface area contributed by atoms with Crippen molar-refractivity contribution >= 4 is 5.97 Å². The van der Waals surface area contributed by atoms with Gasteiger partial charge in [-0.1, -0.05) is 31.0 Å². The average Bonchev–Trinajstić information content (AvgIpc) is 2.60. The third-order valence-corrected chi connectivity index (χ3v) is 3.79. The van der Waals surface area contributed by atoms with E-state index in [2.05, 4.69) is 6.92 Å². The summed E-state index contributed by atoms with van der Waals surface area (Å²) in [5.74, 6) is 1.21. The first-order chi connectivity index (χ1) is 12.1. The molecule has 0 aliphatic heterocycles. The molecular formula is C21H26O4. The van der Waals surface area contributed by atoms with Gasteiger partial charge in [-0.05, 0) is 56.2 Å². The second kappa shape index (κ2) is 9.72. The standard InChI is InChI=1S/C21H26O4/c1-4-5-12-23-19-10-11-20(17(3)15-19)21(22)25-14-13-24-18-8-6-16(2)7-9-18/h6-11,15H,4-5,12-14H2,1-3H3. The van der Waals surface area contributed by atoms with Crippen LogP contribution in [0.25, 0.3) is 0 Å². The molecule has 0 unspecified atom stereocenters. The lowest BCUT2D eigenvalue weighted by Gasteiger charge is -2.11. The van der Waals surface area contributed by atoms with Crippen LogP contribution in [0.4, 0.5) is 0 Å². The van der Waals surface area contributed by atoms with Gasteiger partial charge in [0.15, 0.2) is 0 Å². The van der Waals surface area contributed by atoms with Gasteiger partial charge < -0.3 is 14.2 Å². The third kappa shape index (κ3) is 6.14. The molecule has 0 spiro atoms. The minimum absolute atomic E-state index is 0.209. The van der Waals surface area contributed by atoms with Crippen LogP contribution in [-0.4, -0.2) is 25.8 Å². The van der Waals surface area contributed by atoms with Crippen LogP contribution < -0.4 is 9.47 Å². The van der Waals surface area contributed by atoms with E-state index < -0.39 is 0 Å². The van der Waals surface area contributed by atoms with Crippen molar-refractivity contribution in [3.8, 4) is 11.5 Å². The topological polar surface area (TPSA) is 44.8 Å². The molecule has 4 heteroatoms. The van der Waals surface area contributed by atoms with Crippen LogP contribution >= 0.6 is 0 Å². The lowest BCUT2D eigenvalue weighted by Crippen LogP contribution is -2.13. The maximum Gasteiger partial charge on any atom is 0.338 e. The molecule has 0 saturated heterocycles. The summed E-state index contributed by atoms with van der Waals surface area (Å²) < 4.78 is 16.5. The summed E-state index contributed by atoms with van der Waals surface area (Å²) in [4.78, 5) is 12.2. The molecule has 0 heterocycles. The molecule has 0 fully saturated rings. The number of benzene rings is 2. The van der Waals surface area contributed by atoms with Crippen LogP contribution in [0, 0.1) is 13.8 Å². The number of carbonyl (C=O) groups excluding carboxylic acids is 1. The largest absolute Gasteiger partial charge is 0.494 e. The fourth-order valence-corrected chi connectivity index (χ4v) is 2.30. The predicted octanol–water partition coefficient (Wildman–Crippen LogP) is 4.72. The summed E-state index contributed by atoms with van der Waals surface area (Å²) in [5.41, 5.74) is 2.58. The molecule has 0 amide bonds. The molecule has 0 atom stereocenters. The van der Waals surface area contributed by atoms with E-state index in [1.165, 1.54) is 5.56 Å². The fourth-order valence-electron chi connectivity index (χ4n) is 2.30. The summed E-state index contributed by atoms with van der Waals surface area (Å²) in [6, 6.07) is 13.2. The molecule has 0 saturated carbocycles. The van der Waals surface area contributed by atoms with Crippen LogP contribution in [0.15, 0.2) is 42.5 Å². The van der Waals surface area contributed by atoms with Crippen LogP contribution in [0.5, 0.6) is 11.5 Å². The van der Waals surface area contributed by atoms with Crippen molar-refractivity contribution in [3.05, 3.63) is 59.2 Å². The van der Waals surface area contributed by atoms with Gasteiger partial charge in [-0.2, -0.15) is 0 Å². The molecule has 0 aliphatic rings. The minimum Gasteiger partial charge on any atom is -0.494 e. The van der Waals surface area contributed by atoms with Crippen LogP contribution in [0.1, 0.15) is 41.3 Å². The molecule has 0 N–H and O–H groups in total. The highest BCUT2D eigenvalue weighted by Crippen LogP contribution is 2.18. The van der Waals surface area contributed by atoms with E-state index >= 15 is 0 Å². The van der Waals surface area contributed by atoms with Gasteiger partial charge in [0.05, 0.1) is 12.2 Å². The average molecular weight is 342 g/mol. The monoisotopic (exact) mass is 342 g/mol. The molecule has 134 valence electrons. The van der Waals surface area contributed by atoms with E-state index in [9.17, 15) is 4.79 Å². The van der Waals surface area contributed by atoms with E-state index in [0.717, 1.165) is 29.9 Å². The first-order valence-electron chi connectivity index (χ1n) is 8.70. The third-order valence-electron chi connectivity index (χ3n) is 3.79. The number of hydrogen-bond donors (Lipinski definition) is 0. The molecule has 0 bridgehead atoms. The van der Waals surface area contributed by atoms with Gasteiger partial charge in [-0.15, -0.1) is 0 Å². The van der Waals surface area contributed by atoms with Crippen molar-refractivity contribution < 1.29 is 19.0 Å². The Morgan fingerprint density at radius 1 is 0.880 bits per heavy atom. The number of hydrogen-bond acceptors (Lipinski definition) is 4. The summed E-state index contributed by atoms with van der Waals surface area (Å²) in [7, 11) is 0. The van der Waals surface area contributed by atoms with E-state index in [0.29, 0.717) is 18.8 Å². The zero-order valence-electron chi connectivity index (χ0n) is 15.2. The Labute approximate surface area is 149 Å². The number of carbonyl (C=O) groups is 1. The highest BCUT2D eigenvalue weighted by atomic mass is 16.6. The molecular weight excluding hydrogens is 316 g/mol. The Kier molecular flexibility index (Phi) is 7.33. The zero-order chi connectivity index (χ0) is 18.1. The maximum atomic E-state index is 12.2. The van der Waals surface area contributed by atoms with E-state index in [-0.39, 0.29) is 12.6 Å². The number of unbranched alkanes of at least 4 members (excludes halogenated alkanes) is 1. The Morgan fingerprint density at radius 2 is 1.56 bits per heavy atom. The number of aryl methyl sites for hydroxylation is 2. The molecule has 2 aromatic rings. The number of rotatable bonds is 9. The molecule has 4 nitrogen and oxygen atoms in total. The fraction of sp³-hybridized carbons (Fsp3) is 0.381. The minimum atomic E-state index is -0.342. The van der Waals surface area contributed by atoms with Gasteiger partial charge in [0.25, 0.3) is 0 Å². The molecule has 0 radical (unpaired) electrons. The van der Waals surface area contributed by atoms with Crippen molar-refractivity contribution in [2.75, 3.05) is 19.8 Å². The second-order valence-corrected chi connectivity index (χ2v) is 5.98. The molecule has 0 aromatic heterocycles. The van der Waals surface area contributed by atoms with Gasteiger partial charge in [-0.25, -0.2) is 4.79 Å². The van der Waals surface area contributed by atoms with Gasteiger partial charge in [0, 0.05) is 0 Å². The SMILES string of the molecule is CCCCOc1ccc(C(=O)OCCOc2ccc(C)cc2)c(C)c1. The van der Waals surface area contributed by atoms with Crippen LogP contribution in [0.3, 0.4) is 0 Å². The first kappa shape index (κ1) is 18.8. The van der Waals surface area contributed by atoms with Gasteiger partial charge in [0.2, 0.25) is 0 Å². The predicted molar refractivity (Wildman–Crippen MR) is 98.5 cm³/mol. The highest BCUT2D eigenvalue weighted by molar-refractivity contribution is 5.91. The molecule has 2 rings (SSSR count). The zero-order valence-corrected chi connectivity index (χ0v) is 15.2. The van der Waals surface area contributed by atoms with E-state index in [4.69, 9.17) is 14.2 Å².